The van der Waals surface area contributed by atoms with E-state index in [0.717, 1.165) is 25.9 Å². The summed E-state index contributed by atoms with van der Waals surface area (Å²) in [4.78, 5) is 0. The molecule has 0 radical (unpaired) electrons. The predicted octanol–water partition coefficient (Wildman–Crippen LogP) is 2.18. The molecule has 2 fully saturated rings. The van der Waals surface area contributed by atoms with E-state index in [0.29, 0.717) is 17.4 Å². The zero-order chi connectivity index (χ0) is 15.3. The zero-order valence-electron chi connectivity index (χ0n) is 13.2. The molecule has 1 N–H and O–H groups in total. The van der Waals surface area contributed by atoms with Crippen molar-refractivity contribution in [1.82, 2.24) is 5.32 Å². The Hall–Kier alpha value is -0.870. The Morgan fingerprint density at radius 2 is 1.81 bits per heavy atom. The number of benzene rings is 1. The third kappa shape index (κ3) is 2.76. The smallest absolute Gasteiger partial charge is 0.150 e. The van der Waals surface area contributed by atoms with E-state index in [2.05, 4.69) is 38.2 Å². The minimum atomic E-state index is -2.80. The molecular formula is C17H25NO2S. The average molecular weight is 307 g/mol. The van der Waals surface area contributed by atoms with Crippen molar-refractivity contribution in [3.8, 4) is 0 Å². The molecule has 0 amide bonds. The van der Waals surface area contributed by atoms with Crippen LogP contribution in [-0.2, 0) is 16.3 Å². The maximum Gasteiger partial charge on any atom is 0.150 e. The molecule has 2 aliphatic heterocycles. The quantitative estimate of drug-likeness (QED) is 0.931. The van der Waals surface area contributed by atoms with E-state index in [-0.39, 0.29) is 5.41 Å². The number of nitrogens with one attached hydrogen (secondary N) is 1. The lowest BCUT2D eigenvalue weighted by atomic mass is 9.66. The van der Waals surface area contributed by atoms with Crippen LogP contribution in [0.25, 0.3) is 0 Å². The standard InChI is InChI=1S/C17H25NO2S/c1-12-6-13(2)16(14(3)7-12)8-17(10-18-11-17)15-4-5-21(19,20)9-15/h6-7,15,18H,4-5,8-11H2,1-3H3. The lowest BCUT2D eigenvalue weighted by Gasteiger charge is -2.47. The molecule has 1 aromatic rings. The first-order valence-corrected chi connectivity index (χ1v) is 9.61. The van der Waals surface area contributed by atoms with Crippen molar-refractivity contribution in [2.45, 2.75) is 33.6 Å². The summed E-state index contributed by atoms with van der Waals surface area (Å²) in [7, 11) is -2.80. The lowest BCUT2D eigenvalue weighted by molar-refractivity contribution is 0.0921. The van der Waals surface area contributed by atoms with Gasteiger partial charge < -0.3 is 5.32 Å². The maximum absolute atomic E-state index is 11.8. The van der Waals surface area contributed by atoms with E-state index >= 15 is 0 Å². The van der Waals surface area contributed by atoms with Crippen LogP contribution in [-0.4, -0.2) is 33.0 Å². The van der Waals surface area contributed by atoms with Gasteiger partial charge in [0.1, 0.15) is 0 Å². The minimum Gasteiger partial charge on any atom is -0.315 e. The maximum atomic E-state index is 11.8. The minimum absolute atomic E-state index is 0.147. The highest BCUT2D eigenvalue weighted by Crippen LogP contribution is 2.42. The van der Waals surface area contributed by atoms with Gasteiger partial charge in [-0.3, -0.25) is 0 Å². The van der Waals surface area contributed by atoms with E-state index in [9.17, 15) is 8.42 Å². The Morgan fingerprint density at radius 3 is 2.24 bits per heavy atom. The van der Waals surface area contributed by atoms with Gasteiger partial charge in [-0.1, -0.05) is 17.7 Å². The molecule has 0 aliphatic carbocycles. The van der Waals surface area contributed by atoms with Crippen LogP contribution >= 0.6 is 0 Å². The van der Waals surface area contributed by atoms with Crippen LogP contribution < -0.4 is 5.32 Å². The summed E-state index contributed by atoms with van der Waals surface area (Å²) in [6, 6.07) is 4.49. The van der Waals surface area contributed by atoms with Gasteiger partial charge in [-0.2, -0.15) is 0 Å². The monoisotopic (exact) mass is 307 g/mol. The number of hydrogen-bond donors (Lipinski definition) is 1. The SMILES string of the molecule is Cc1cc(C)c(CC2(C3CCS(=O)(=O)C3)CNC2)c(C)c1. The first-order chi connectivity index (χ1) is 9.81. The third-order valence-electron chi connectivity index (χ3n) is 5.42. The van der Waals surface area contributed by atoms with Crippen LogP contribution in [0.3, 0.4) is 0 Å². The van der Waals surface area contributed by atoms with Gasteiger partial charge in [-0.15, -0.1) is 0 Å². The molecule has 1 atom stereocenters. The van der Waals surface area contributed by atoms with Gasteiger partial charge in [0, 0.05) is 18.5 Å². The highest BCUT2D eigenvalue weighted by Gasteiger charge is 2.48. The van der Waals surface area contributed by atoms with Crippen molar-refractivity contribution in [2.24, 2.45) is 11.3 Å². The zero-order valence-corrected chi connectivity index (χ0v) is 14.0. The summed E-state index contributed by atoms with van der Waals surface area (Å²) in [5, 5.41) is 3.38. The molecule has 116 valence electrons. The Morgan fingerprint density at radius 1 is 1.19 bits per heavy atom. The van der Waals surface area contributed by atoms with Gasteiger partial charge in [0.2, 0.25) is 0 Å². The molecule has 1 aromatic carbocycles. The van der Waals surface area contributed by atoms with Gasteiger partial charge in [-0.05, 0) is 56.2 Å². The van der Waals surface area contributed by atoms with Crippen LogP contribution in [0.4, 0.5) is 0 Å². The molecule has 2 saturated heterocycles. The molecule has 0 aromatic heterocycles. The van der Waals surface area contributed by atoms with Crippen molar-refractivity contribution < 1.29 is 8.42 Å². The number of hydrogen-bond acceptors (Lipinski definition) is 3. The van der Waals surface area contributed by atoms with E-state index < -0.39 is 9.84 Å². The van der Waals surface area contributed by atoms with E-state index in [1.54, 1.807) is 0 Å². The van der Waals surface area contributed by atoms with Crippen LogP contribution in [0, 0.1) is 32.1 Å². The molecule has 2 heterocycles. The number of rotatable bonds is 3. The average Bonchev–Trinajstić information content (AvgIpc) is 2.67. The molecule has 0 spiro atoms. The molecule has 4 heteroatoms. The summed E-state index contributed by atoms with van der Waals surface area (Å²) in [6.07, 6.45) is 1.85. The van der Waals surface area contributed by atoms with Crippen LogP contribution in [0.5, 0.6) is 0 Å². The second-order valence-corrected chi connectivity index (χ2v) is 9.35. The molecule has 3 nitrogen and oxygen atoms in total. The highest BCUT2D eigenvalue weighted by atomic mass is 32.2. The van der Waals surface area contributed by atoms with Crippen molar-refractivity contribution in [1.29, 1.82) is 0 Å². The van der Waals surface area contributed by atoms with Gasteiger partial charge >= 0.3 is 0 Å². The normalized spacial score (nSPS) is 26.5. The van der Waals surface area contributed by atoms with Gasteiger partial charge in [0.15, 0.2) is 9.84 Å². The Kier molecular flexibility index (Phi) is 3.65. The highest BCUT2D eigenvalue weighted by molar-refractivity contribution is 7.91. The number of aryl methyl sites for hydroxylation is 3. The van der Waals surface area contributed by atoms with E-state index in [1.807, 2.05) is 0 Å². The Balaban J connectivity index is 1.89. The summed E-state index contributed by atoms with van der Waals surface area (Å²) >= 11 is 0. The second-order valence-electron chi connectivity index (χ2n) is 7.12. The summed E-state index contributed by atoms with van der Waals surface area (Å²) in [5.41, 5.74) is 5.57. The fraction of sp³-hybridized carbons (Fsp3) is 0.647. The molecular weight excluding hydrogens is 282 g/mol. The fourth-order valence-corrected chi connectivity index (χ4v) is 6.07. The largest absolute Gasteiger partial charge is 0.315 e. The summed E-state index contributed by atoms with van der Waals surface area (Å²) in [6.45, 7) is 8.41. The summed E-state index contributed by atoms with van der Waals surface area (Å²) < 4.78 is 23.7. The summed E-state index contributed by atoms with van der Waals surface area (Å²) in [5.74, 6) is 1.09. The fourth-order valence-electron chi connectivity index (χ4n) is 4.12. The van der Waals surface area contributed by atoms with Gasteiger partial charge in [-0.25, -0.2) is 8.42 Å². The Bertz CT molecular complexity index is 636. The third-order valence-corrected chi connectivity index (χ3v) is 7.19. The van der Waals surface area contributed by atoms with Gasteiger partial charge in [0.25, 0.3) is 0 Å². The van der Waals surface area contributed by atoms with Crippen molar-refractivity contribution in [3.05, 3.63) is 34.4 Å². The van der Waals surface area contributed by atoms with Crippen molar-refractivity contribution in [3.63, 3.8) is 0 Å². The molecule has 2 aliphatic rings. The Labute approximate surface area is 128 Å². The molecule has 0 saturated carbocycles. The topological polar surface area (TPSA) is 46.2 Å². The molecule has 1 unspecified atom stereocenters. The first-order valence-electron chi connectivity index (χ1n) is 7.79. The van der Waals surface area contributed by atoms with Crippen LogP contribution in [0.1, 0.15) is 28.7 Å². The second kappa shape index (κ2) is 5.10. The van der Waals surface area contributed by atoms with Crippen LogP contribution in [0.15, 0.2) is 12.1 Å². The molecule has 0 bridgehead atoms. The van der Waals surface area contributed by atoms with E-state index in [1.165, 1.54) is 22.3 Å². The van der Waals surface area contributed by atoms with E-state index in [4.69, 9.17) is 0 Å². The predicted molar refractivity (Wildman–Crippen MR) is 86.4 cm³/mol. The van der Waals surface area contributed by atoms with Crippen molar-refractivity contribution >= 4 is 9.84 Å². The molecule has 3 rings (SSSR count). The number of sulfone groups is 1. The lowest BCUT2D eigenvalue weighted by Crippen LogP contribution is -2.59. The van der Waals surface area contributed by atoms with Gasteiger partial charge in [0.05, 0.1) is 11.5 Å². The first kappa shape index (κ1) is 15.0. The molecule has 21 heavy (non-hydrogen) atoms. The van der Waals surface area contributed by atoms with Crippen molar-refractivity contribution in [2.75, 3.05) is 24.6 Å². The van der Waals surface area contributed by atoms with Crippen LogP contribution in [0.2, 0.25) is 0 Å².